The molecule has 0 fully saturated rings. The van der Waals surface area contributed by atoms with E-state index >= 15 is 0 Å². The Hall–Kier alpha value is -4.46. The number of benzene rings is 3. The first-order valence-corrected chi connectivity index (χ1v) is 10.3. The number of amides is 1. The second-order valence-electron chi connectivity index (χ2n) is 7.73. The van der Waals surface area contributed by atoms with Gasteiger partial charge in [0.05, 0.1) is 22.5 Å². The second kappa shape index (κ2) is 8.23. The van der Waals surface area contributed by atoms with Crippen LogP contribution in [0.5, 0.6) is 0 Å². The van der Waals surface area contributed by atoms with E-state index in [1.54, 1.807) is 6.07 Å². The molecule has 2 N–H and O–H groups in total. The predicted molar refractivity (Wildman–Crippen MR) is 124 cm³/mol. The van der Waals surface area contributed by atoms with Crippen molar-refractivity contribution in [3.8, 4) is 22.6 Å². The summed E-state index contributed by atoms with van der Waals surface area (Å²) in [6, 6.07) is 19.8. The fraction of sp³-hybridized carbons (Fsp3) is 0.0800. The molecule has 0 bridgehead atoms. The highest BCUT2D eigenvalue weighted by atomic mass is 19.1. The Kier molecular flexibility index (Phi) is 5.10. The molecule has 33 heavy (non-hydrogen) atoms. The Morgan fingerprint density at radius 1 is 0.970 bits per heavy atom. The topological polar surface area (TPSA) is 96.5 Å². The fourth-order valence-electron chi connectivity index (χ4n) is 3.87. The van der Waals surface area contributed by atoms with Gasteiger partial charge < -0.3 is 5.32 Å². The summed E-state index contributed by atoms with van der Waals surface area (Å²) in [5.74, 6) is -0.735. The molecule has 0 unspecified atom stereocenters. The van der Waals surface area contributed by atoms with Crippen LogP contribution < -0.4 is 5.32 Å². The number of carbonyl (C=O) groups excluding carboxylic acids is 1. The van der Waals surface area contributed by atoms with E-state index in [1.807, 2.05) is 62.4 Å². The largest absolute Gasteiger partial charge is 0.319 e. The van der Waals surface area contributed by atoms with Crippen LogP contribution in [0.2, 0.25) is 0 Å². The Morgan fingerprint density at radius 2 is 1.79 bits per heavy atom. The molecule has 2 heterocycles. The number of rotatable bonds is 4. The first-order valence-electron chi connectivity index (χ1n) is 10.3. The van der Waals surface area contributed by atoms with E-state index in [4.69, 9.17) is 4.98 Å². The number of aryl methyl sites for hydroxylation is 1. The predicted octanol–water partition coefficient (Wildman–Crippen LogP) is 5.09. The summed E-state index contributed by atoms with van der Waals surface area (Å²) in [6.07, 6.45) is 0. The average Bonchev–Trinajstić information content (AvgIpc) is 3.35. The number of pyridine rings is 1. The molecule has 1 amide bonds. The number of hydrogen-bond donors (Lipinski definition) is 2. The third kappa shape index (κ3) is 3.82. The van der Waals surface area contributed by atoms with Gasteiger partial charge >= 0.3 is 0 Å². The zero-order valence-electron chi connectivity index (χ0n) is 17.9. The lowest BCUT2D eigenvalue weighted by atomic mass is 9.96. The maximum Gasteiger partial charge on any atom is 0.256 e. The highest BCUT2D eigenvalue weighted by Crippen LogP contribution is 2.31. The van der Waals surface area contributed by atoms with Crippen molar-refractivity contribution in [2.45, 2.75) is 13.8 Å². The molecule has 162 valence electrons. The van der Waals surface area contributed by atoms with Crippen molar-refractivity contribution in [3.63, 3.8) is 0 Å². The number of fused-ring (bicyclic) bond motifs is 1. The SMILES string of the molecule is Cc1ccc2nc(-c3ccccc3)c(C)c(C(=O)Nc3ccc(-c4nn[nH]n4)cc3F)c2c1. The number of nitrogens with zero attached hydrogens (tertiary/aromatic N) is 4. The second-order valence-corrected chi connectivity index (χ2v) is 7.73. The highest BCUT2D eigenvalue weighted by molar-refractivity contribution is 6.14. The van der Waals surface area contributed by atoms with Crippen LogP contribution in [0.25, 0.3) is 33.5 Å². The molecule has 0 saturated heterocycles. The molecule has 0 radical (unpaired) electrons. The lowest BCUT2D eigenvalue weighted by Crippen LogP contribution is -2.16. The van der Waals surface area contributed by atoms with Gasteiger partial charge in [0.1, 0.15) is 5.82 Å². The molecule has 0 aliphatic carbocycles. The van der Waals surface area contributed by atoms with E-state index in [-0.39, 0.29) is 11.5 Å². The average molecular weight is 438 g/mol. The molecule has 5 aromatic rings. The Labute approximate surface area is 188 Å². The van der Waals surface area contributed by atoms with Crippen molar-refractivity contribution in [1.29, 1.82) is 0 Å². The minimum absolute atomic E-state index is 0.0607. The van der Waals surface area contributed by atoms with Crippen LogP contribution in [-0.2, 0) is 0 Å². The van der Waals surface area contributed by atoms with Gasteiger partial charge in [-0.3, -0.25) is 4.79 Å². The molecule has 3 aromatic carbocycles. The van der Waals surface area contributed by atoms with Gasteiger partial charge in [-0.05, 0) is 55.0 Å². The van der Waals surface area contributed by atoms with Crippen molar-refractivity contribution >= 4 is 22.5 Å². The molecule has 0 spiro atoms. The van der Waals surface area contributed by atoms with Gasteiger partial charge in [-0.25, -0.2) is 9.37 Å². The van der Waals surface area contributed by atoms with Gasteiger partial charge in [0.2, 0.25) is 5.82 Å². The van der Waals surface area contributed by atoms with Crippen molar-refractivity contribution in [2.24, 2.45) is 0 Å². The van der Waals surface area contributed by atoms with E-state index in [9.17, 15) is 9.18 Å². The van der Waals surface area contributed by atoms with E-state index in [0.717, 1.165) is 16.7 Å². The normalized spacial score (nSPS) is 11.0. The number of hydrogen-bond acceptors (Lipinski definition) is 5. The van der Waals surface area contributed by atoms with Gasteiger partial charge in [0.15, 0.2) is 0 Å². The van der Waals surface area contributed by atoms with Crippen LogP contribution in [0, 0.1) is 19.7 Å². The molecule has 0 aliphatic rings. The summed E-state index contributed by atoms with van der Waals surface area (Å²) in [4.78, 5) is 18.3. The minimum atomic E-state index is -0.596. The van der Waals surface area contributed by atoms with Gasteiger partial charge in [-0.2, -0.15) is 5.21 Å². The number of anilines is 1. The molecule has 5 rings (SSSR count). The maximum atomic E-state index is 14.8. The molecule has 0 aliphatic heterocycles. The maximum absolute atomic E-state index is 14.8. The molecule has 2 aromatic heterocycles. The standard InChI is InChI=1S/C25H19FN6O/c1-14-8-10-20-18(12-14)22(15(2)23(27-20)16-6-4-3-5-7-16)25(33)28-21-11-9-17(13-19(21)26)24-29-31-32-30-24/h3-13H,1-2H3,(H,28,33)(H,29,30,31,32). The summed E-state index contributed by atoms with van der Waals surface area (Å²) in [5, 5.41) is 17.0. The lowest BCUT2D eigenvalue weighted by molar-refractivity contribution is 0.102. The van der Waals surface area contributed by atoms with Gasteiger partial charge in [0, 0.05) is 16.5 Å². The molecule has 0 saturated carbocycles. The van der Waals surface area contributed by atoms with Crippen molar-refractivity contribution in [2.75, 3.05) is 5.32 Å². The molecule has 0 atom stereocenters. The molecular formula is C25H19FN6O. The quantitative estimate of drug-likeness (QED) is 0.407. The first-order chi connectivity index (χ1) is 16.0. The highest BCUT2D eigenvalue weighted by Gasteiger charge is 2.20. The number of aromatic nitrogens is 5. The number of nitrogens with one attached hydrogen (secondary N) is 2. The van der Waals surface area contributed by atoms with Crippen molar-refractivity contribution in [3.05, 3.63) is 89.2 Å². The number of carbonyl (C=O) groups is 1. The Bertz CT molecular complexity index is 1480. The fourth-order valence-corrected chi connectivity index (χ4v) is 3.87. The van der Waals surface area contributed by atoms with Crippen molar-refractivity contribution in [1.82, 2.24) is 25.6 Å². The van der Waals surface area contributed by atoms with E-state index in [1.165, 1.54) is 12.1 Å². The summed E-state index contributed by atoms with van der Waals surface area (Å²) < 4.78 is 14.8. The number of aromatic amines is 1. The lowest BCUT2D eigenvalue weighted by Gasteiger charge is -2.16. The van der Waals surface area contributed by atoms with Gasteiger partial charge in [0.25, 0.3) is 5.91 Å². The third-order valence-electron chi connectivity index (χ3n) is 5.48. The number of H-pyrrole nitrogens is 1. The zero-order chi connectivity index (χ0) is 22.9. The van der Waals surface area contributed by atoms with E-state index < -0.39 is 11.7 Å². The van der Waals surface area contributed by atoms with Crippen LogP contribution in [0.15, 0.2) is 66.7 Å². The number of halogens is 1. The molecular weight excluding hydrogens is 419 g/mol. The summed E-state index contributed by atoms with van der Waals surface area (Å²) in [6.45, 7) is 3.82. The van der Waals surface area contributed by atoms with Gasteiger partial charge in [-0.1, -0.05) is 42.0 Å². The smallest absolute Gasteiger partial charge is 0.256 e. The van der Waals surface area contributed by atoms with Crippen LogP contribution in [0.3, 0.4) is 0 Å². The summed E-state index contributed by atoms with van der Waals surface area (Å²) >= 11 is 0. The zero-order valence-corrected chi connectivity index (χ0v) is 17.9. The Morgan fingerprint density at radius 3 is 2.52 bits per heavy atom. The first kappa shape index (κ1) is 20.4. The summed E-state index contributed by atoms with van der Waals surface area (Å²) in [5.41, 5.74) is 5.01. The van der Waals surface area contributed by atoms with E-state index in [0.29, 0.717) is 27.7 Å². The minimum Gasteiger partial charge on any atom is -0.319 e. The van der Waals surface area contributed by atoms with Crippen molar-refractivity contribution < 1.29 is 9.18 Å². The van der Waals surface area contributed by atoms with Crippen LogP contribution in [0.4, 0.5) is 10.1 Å². The Balaban J connectivity index is 1.59. The van der Waals surface area contributed by atoms with E-state index in [2.05, 4.69) is 25.9 Å². The van der Waals surface area contributed by atoms with Crippen LogP contribution >= 0.6 is 0 Å². The summed E-state index contributed by atoms with van der Waals surface area (Å²) in [7, 11) is 0. The van der Waals surface area contributed by atoms with Crippen LogP contribution in [0.1, 0.15) is 21.5 Å². The number of tetrazole rings is 1. The third-order valence-corrected chi connectivity index (χ3v) is 5.48. The molecule has 7 nitrogen and oxygen atoms in total. The monoisotopic (exact) mass is 438 g/mol. The molecule has 8 heteroatoms. The van der Waals surface area contributed by atoms with Crippen LogP contribution in [-0.4, -0.2) is 31.5 Å². The van der Waals surface area contributed by atoms with Gasteiger partial charge in [-0.15, -0.1) is 10.2 Å².